The van der Waals surface area contributed by atoms with Gasteiger partial charge in [0.2, 0.25) is 5.95 Å². The Morgan fingerprint density at radius 3 is 2.41 bits per heavy atom. The van der Waals surface area contributed by atoms with Gasteiger partial charge in [0, 0.05) is 43.1 Å². The number of benzene rings is 1. The molecule has 29 heavy (non-hydrogen) atoms. The van der Waals surface area contributed by atoms with Gasteiger partial charge in [-0.15, -0.1) is 0 Å². The summed E-state index contributed by atoms with van der Waals surface area (Å²) in [6, 6.07) is 9.76. The number of hydrogen-bond acceptors (Lipinski definition) is 5. The van der Waals surface area contributed by atoms with Crippen molar-refractivity contribution in [1.82, 2.24) is 19.9 Å². The summed E-state index contributed by atoms with van der Waals surface area (Å²) < 4.78 is 0. The number of nitrogens with zero attached hydrogens (tertiary/aromatic N) is 4. The van der Waals surface area contributed by atoms with Gasteiger partial charge < -0.3 is 20.1 Å². The number of aryl methyl sites for hydroxylation is 1. The fourth-order valence-corrected chi connectivity index (χ4v) is 4.22. The molecule has 5 rings (SSSR count). The highest BCUT2D eigenvalue weighted by Gasteiger charge is 2.20. The maximum absolute atomic E-state index is 12.6. The monoisotopic (exact) mass is 390 g/mol. The van der Waals surface area contributed by atoms with Gasteiger partial charge in [0.05, 0.1) is 5.39 Å². The predicted octanol–water partition coefficient (Wildman–Crippen LogP) is 3.85. The summed E-state index contributed by atoms with van der Waals surface area (Å²) in [6.45, 7) is 5.75. The van der Waals surface area contributed by atoms with E-state index in [2.05, 4.69) is 21.3 Å². The van der Waals surface area contributed by atoms with Crippen molar-refractivity contribution in [2.24, 2.45) is 0 Å². The molecule has 0 unspecified atom stereocenters. The molecule has 0 bridgehead atoms. The van der Waals surface area contributed by atoms with Crippen molar-refractivity contribution in [2.45, 2.75) is 32.6 Å². The molecule has 0 spiro atoms. The average Bonchev–Trinajstić information content (AvgIpc) is 3.49. The molecule has 1 amide bonds. The molecule has 7 heteroatoms. The zero-order valence-electron chi connectivity index (χ0n) is 16.7. The van der Waals surface area contributed by atoms with Crippen LogP contribution in [0.4, 0.5) is 17.5 Å². The molecule has 0 aliphatic carbocycles. The summed E-state index contributed by atoms with van der Waals surface area (Å²) in [6.07, 6.45) is 4.57. The fourth-order valence-electron chi connectivity index (χ4n) is 4.22. The van der Waals surface area contributed by atoms with Crippen LogP contribution < -0.4 is 10.2 Å². The molecule has 2 N–H and O–H groups in total. The standard InChI is InChI=1S/C22H26N6O/c1-15-14-18-19(23-15)25-22(28-12-4-5-13-28)26-20(18)24-17-8-6-16(7-9-17)21(29)27-10-2-3-11-27/h6-9,14H,2-5,10-13H2,1H3,(H2,23,24,25,26). The number of amides is 1. The Balaban J connectivity index is 1.42. The third kappa shape index (κ3) is 3.52. The van der Waals surface area contributed by atoms with Crippen molar-refractivity contribution in [2.75, 3.05) is 36.4 Å². The second kappa shape index (κ2) is 7.39. The molecular weight excluding hydrogens is 364 g/mol. The number of fused-ring (bicyclic) bond motifs is 1. The average molecular weight is 390 g/mol. The van der Waals surface area contributed by atoms with E-state index >= 15 is 0 Å². The number of carbonyl (C=O) groups excluding carboxylic acids is 1. The van der Waals surface area contributed by atoms with Gasteiger partial charge in [-0.25, -0.2) is 0 Å². The van der Waals surface area contributed by atoms with Gasteiger partial charge in [-0.1, -0.05) is 0 Å². The van der Waals surface area contributed by atoms with Crippen molar-refractivity contribution < 1.29 is 4.79 Å². The number of aromatic nitrogens is 3. The maximum Gasteiger partial charge on any atom is 0.253 e. The highest BCUT2D eigenvalue weighted by atomic mass is 16.2. The van der Waals surface area contributed by atoms with Crippen molar-refractivity contribution in [3.05, 3.63) is 41.6 Å². The topological polar surface area (TPSA) is 77.2 Å². The third-order valence-corrected chi connectivity index (χ3v) is 5.79. The molecule has 150 valence electrons. The van der Waals surface area contributed by atoms with Crippen molar-refractivity contribution in [3.8, 4) is 0 Å². The number of nitrogens with one attached hydrogen (secondary N) is 2. The zero-order chi connectivity index (χ0) is 19.8. The molecular formula is C22H26N6O. The number of likely N-dealkylation sites (tertiary alicyclic amines) is 1. The highest BCUT2D eigenvalue weighted by molar-refractivity contribution is 5.95. The van der Waals surface area contributed by atoms with Crippen molar-refractivity contribution in [3.63, 3.8) is 0 Å². The van der Waals surface area contributed by atoms with E-state index in [1.165, 1.54) is 12.8 Å². The SMILES string of the molecule is Cc1cc2c(Nc3ccc(C(=O)N4CCCC4)cc3)nc(N3CCCC3)nc2[nH]1. The van der Waals surface area contributed by atoms with E-state index in [4.69, 9.17) is 9.97 Å². The van der Waals surface area contributed by atoms with Crippen LogP contribution in [0.15, 0.2) is 30.3 Å². The largest absolute Gasteiger partial charge is 0.343 e. The van der Waals surface area contributed by atoms with E-state index in [1.54, 1.807) is 0 Å². The quantitative estimate of drug-likeness (QED) is 0.708. The molecule has 1 aromatic carbocycles. The maximum atomic E-state index is 12.6. The molecule has 2 aliphatic rings. The van der Waals surface area contributed by atoms with E-state index in [-0.39, 0.29) is 5.91 Å². The van der Waals surface area contributed by atoms with Crippen LogP contribution in [0.1, 0.15) is 41.7 Å². The predicted molar refractivity (Wildman–Crippen MR) is 115 cm³/mol. The number of anilines is 3. The fraction of sp³-hybridized carbons (Fsp3) is 0.409. The number of rotatable bonds is 4. The molecule has 0 atom stereocenters. The molecule has 2 saturated heterocycles. The molecule has 3 aromatic rings. The van der Waals surface area contributed by atoms with Crippen molar-refractivity contribution >= 4 is 34.4 Å². The minimum atomic E-state index is 0.121. The van der Waals surface area contributed by atoms with Crippen LogP contribution in [-0.4, -0.2) is 51.9 Å². The summed E-state index contributed by atoms with van der Waals surface area (Å²) in [5, 5.41) is 4.41. The molecule has 2 aliphatic heterocycles. The highest BCUT2D eigenvalue weighted by Crippen LogP contribution is 2.28. The second-order valence-corrected chi connectivity index (χ2v) is 7.98. The second-order valence-electron chi connectivity index (χ2n) is 7.98. The Morgan fingerprint density at radius 1 is 1.00 bits per heavy atom. The van der Waals surface area contributed by atoms with Gasteiger partial charge in [-0.2, -0.15) is 9.97 Å². The van der Waals surface area contributed by atoms with E-state index in [0.717, 1.165) is 78.8 Å². The molecule has 2 fully saturated rings. The summed E-state index contributed by atoms with van der Waals surface area (Å²) in [5.41, 5.74) is 3.56. The molecule has 0 radical (unpaired) electrons. The lowest BCUT2D eigenvalue weighted by atomic mass is 10.2. The molecule has 0 saturated carbocycles. The van der Waals surface area contributed by atoms with Gasteiger partial charge >= 0.3 is 0 Å². The van der Waals surface area contributed by atoms with E-state index in [9.17, 15) is 4.79 Å². The number of aromatic amines is 1. The summed E-state index contributed by atoms with van der Waals surface area (Å²) >= 11 is 0. The van der Waals surface area contributed by atoms with Crippen LogP contribution in [0.3, 0.4) is 0 Å². The van der Waals surface area contributed by atoms with Crippen LogP contribution in [-0.2, 0) is 0 Å². The van der Waals surface area contributed by atoms with Crippen LogP contribution in [0, 0.1) is 6.92 Å². The summed E-state index contributed by atoms with van der Waals surface area (Å²) in [4.78, 5) is 29.6. The summed E-state index contributed by atoms with van der Waals surface area (Å²) in [5.74, 6) is 1.68. The van der Waals surface area contributed by atoms with Crippen LogP contribution in [0.5, 0.6) is 0 Å². The van der Waals surface area contributed by atoms with E-state index in [1.807, 2.05) is 36.1 Å². The Kier molecular flexibility index (Phi) is 4.58. The lowest BCUT2D eigenvalue weighted by Crippen LogP contribution is -2.27. The lowest BCUT2D eigenvalue weighted by Gasteiger charge is -2.17. The minimum absolute atomic E-state index is 0.121. The van der Waals surface area contributed by atoms with Crippen LogP contribution in [0.2, 0.25) is 0 Å². The Bertz CT molecular complexity index is 1030. The number of carbonyl (C=O) groups is 1. The lowest BCUT2D eigenvalue weighted by molar-refractivity contribution is 0.0793. The number of hydrogen-bond donors (Lipinski definition) is 2. The molecule has 7 nitrogen and oxygen atoms in total. The van der Waals surface area contributed by atoms with Crippen LogP contribution in [0.25, 0.3) is 11.0 Å². The number of H-pyrrole nitrogens is 1. The first-order chi connectivity index (χ1) is 14.2. The normalized spacial score (nSPS) is 16.7. The Morgan fingerprint density at radius 2 is 1.69 bits per heavy atom. The minimum Gasteiger partial charge on any atom is -0.343 e. The Hall–Kier alpha value is -3.09. The van der Waals surface area contributed by atoms with Gasteiger partial charge in [0.1, 0.15) is 11.5 Å². The smallest absolute Gasteiger partial charge is 0.253 e. The van der Waals surface area contributed by atoms with Gasteiger partial charge in [-0.3, -0.25) is 4.79 Å². The molecule has 4 heterocycles. The summed E-state index contributed by atoms with van der Waals surface area (Å²) in [7, 11) is 0. The Labute approximate surface area is 170 Å². The van der Waals surface area contributed by atoms with Gasteiger partial charge in [0.25, 0.3) is 5.91 Å². The zero-order valence-corrected chi connectivity index (χ0v) is 16.7. The van der Waals surface area contributed by atoms with Gasteiger partial charge in [0.15, 0.2) is 0 Å². The third-order valence-electron chi connectivity index (χ3n) is 5.79. The van der Waals surface area contributed by atoms with Crippen LogP contribution >= 0.6 is 0 Å². The van der Waals surface area contributed by atoms with Gasteiger partial charge in [-0.05, 0) is 62.9 Å². The first-order valence-electron chi connectivity index (χ1n) is 10.5. The first-order valence-corrected chi connectivity index (χ1v) is 10.5. The van der Waals surface area contributed by atoms with E-state index in [0.29, 0.717) is 0 Å². The van der Waals surface area contributed by atoms with Crippen molar-refractivity contribution in [1.29, 1.82) is 0 Å². The van der Waals surface area contributed by atoms with E-state index < -0.39 is 0 Å². The molecule has 2 aromatic heterocycles. The first kappa shape index (κ1) is 18.0.